The van der Waals surface area contributed by atoms with Crippen LogP contribution in [0.4, 0.5) is 0 Å². The van der Waals surface area contributed by atoms with E-state index >= 15 is 0 Å². The van der Waals surface area contributed by atoms with Crippen molar-refractivity contribution < 1.29 is 9.53 Å². The van der Waals surface area contributed by atoms with Gasteiger partial charge in [-0.05, 0) is 38.7 Å². The number of hydrogen-bond donors (Lipinski definition) is 0. The van der Waals surface area contributed by atoms with Gasteiger partial charge in [-0.15, -0.1) is 0 Å². The Hall–Kier alpha value is -1.39. The van der Waals surface area contributed by atoms with E-state index in [0.717, 1.165) is 37.2 Å². The minimum atomic E-state index is 0.625. The lowest BCUT2D eigenvalue weighted by molar-refractivity contribution is 0.112. The fourth-order valence-electron chi connectivity index (χ4n) is 2.61. The molecule has 1 aromatic carbocycles. The number of likely N-dealkylation sites (tertiary alicyclic amines) is 1. The van der Waals surface area contributed by atoms with Gasteiger partial charge in [0.05, 0.1) is 7.11 Å². The quantitative estimate of drug-likeness (QED) is 0.755. The Bertz CT molecular complexity index is 446. The average molecular weight is 262 g/mol. The molecular formula is C15H22N2O2. The zero-order chi connectivity index (χ0) is 13.8. The second kappa shape index (κ2) is 6.17. The van der Waals surface area contributed by atoms with Crippen LogP contribution in [0.5, 0.6) is 5.75 Å². The highest BCUT2D eigenvalue weighted by Crippen LogP contribution is 2.23. The normalized spacial score (nSPS) is 19.9. The molecule has 1 aliphatic heterocycles. The Morgan fingerprint density at radius 2 is 2.26 bits per heavy atom. The predicted molar refractivity (Wildman–Crippen MR) is 75.8 cm³/mol. The van der Waals surface area contributed by atoms with Gasteiger partial charge in [-0.25, -0.2) is 0 Å². The molecule has 4 heteroatoms. The van der Waals surface area contributed by atoms with E-state index < -0.39 is 0 Å². The fraction of sp³-hybridized carbons (Fsp3) is 0.533. The Balaban J connectivity index is 2.08. The van der Waals surface area contributed by atoms with Gasteiger partial charge in [0, 0.05) is 36.8 Å². The number of ether oxygens (including phenoxy) is 1. The molecule has 0 aliphatic carbocycles. The first-order chi connectivity index (χ1) is 9.13. The third-order valence-electron chi connectivity index (χ3n) is 3.81. The summed E-state index contributed by atoms with van der Waals surface area (Å²) in [6.45, 7) is 3.01. The summed E-state index contributed by atoms with van der Waals surface area (Å²) in [5, 5.41) is 0. The molecule has 1 atom stereocenters. The molecule has 0 radical (unpaired) electrons. The number of carbonyl (C=O) groups is 1. The van der Waals surface area contributed by atoms with Gasteiger partial charge in [-0.1, -0.05) is 0 Å². The van der Waals surface area contributed by atoms with Crippen LogP contribution >= 0.6 is 0 Å². The van der Waals surface area contributed by atoms with Crippen LogP contribution < -0.4 is 4.74 Å². The van der Waals surface area contributed by atoms with Crippen molar-refractivity contribution in [3.63, 3.8) is 0 Å². The van der Waals surface area contributed by atoms with E-state index in [1.54, 1.807) is 13.2 Å². The maximum Gasteiger partial charge on any atom is 0.150 e. The molecule has 4 nitrogen and oxygen atoms in total. The summed E-state index contributed by atoms with van der Waals surface area (Å²) < 4.78 is 5.38. The van der Waals surface area contributed by atoms with Crippen LogP contribution in [-0.4, -0.2) is 56.4 Å². The SMILES string of the molecule is COc1ccc(C=O)cc1CN1CCC(N(C)C)C1. The number of aldehydes is 1. The van der Waals surface area contributed by atoms with Crippen LogP contribution in [0.2, 0.25) is 0 Å². The summed E-state index contributed by atoms with van der Waals surface area (Å²) in [6.07, 6.45) is 2.08. The predicted octanol–water partition coefficient (Wildman–Crippen LogP) is 1.64. The van der Waals surface area contributed by atoms with E-state index in [9.17, 15) is 4.79 Å². The molecule has 0 amide bonds. The van der Waals surface area contributed by atoms with E-state index in [1.807, 2.05) is 12.1 Å². The first-order valence-corrected chi connectivity index (χ1v) is 6.65. The molecule has 19 heavy (non-hydrogen) atoms. The van der Waals surface area contributed by atoms with Crippen LogP contribution in [0, 0.1) is 0 Å². The molecule has 0 spiro atoms. The smallest absolute Gasteiger partial charge is 0.150 e. The number of rotatable bonds is 5. The summed E-state index contributed by atoms with van der Waals surface area (Å²) in [7, 11) is 5.93. The molecule has 1 aromatic rings. The highest BCUT2D eigenvalue weighted by atomic mass is 16.5. The van der Waals surface area contributed by atoms with Gasteiger partial charge in [0.25, 0.3) is 0 Å². The number of likely N-dealkylation sites (N-methyl/N-ethyl adjacent to an activating group) is 1. The molecular weight excluding hydrogens is 240 g/mol. The molecule has 0 N–H and O–H groups in total. The maximum atomic E-state index is 10.9. The van der Waals surface area contributed by atoms with Gasteiger partial charge in [-0.3, -0.25) is 9.69 Å². The summed E-state index contributed by atoms with van der Waals surface area (Å²) in [6, 6.07) is 6.22. The van der Waals surface area contributed by atoms with Gasteiger partial charge in [0.15, 0.2) is 0 Å². The second-order valence-electron chi connectivity index (χ2n) is 5.33. The number of methoxy groups -OCH3 is 1. The first kappa shape index (κ1) is 14.0. The number of carbonyl (C=O) groups excluding carboxylic acids is 1. The standard InChI is InChI=1S/C15H22N2O2/c1-16(2)14-6-7-17(10-14)9-13-8-12(11-18)4-5-15(13)19-3/h4-5,8,11,14H,6-7,9-10H2,1-3H3. The lowest BCUT2D eigenvalue weighted by Gasteiger charge is -2.21. The minimum absolute atomic E-state index is 0.625. The van der Waals surface area contributed by atoms with Crippen molar-refractivity contribution in [2.24, 2.45) is 0 Å². The molecule has 1 aliphatic rings. The van der Waals surface area contributed by atoms with Crippen LogP contribution in [0.1, 0.15) is 22.3 Å². The Morgan fingerprint density at radius 1 is 1.47 bits per heavy atom. The van der Waals surface area contributed by atoms with Crippen LogP contribution in [0.3, 0.4) is 0 Å². The molecule has 1 saturated heterocycles. The third-order valence-corrected chi connectivity index (χ3v) is 3.81. The van der Waals surface area contributed by atoms with E-state index in [2.05, 4.69) is 23.9 Å². The molecule has 1 heterocycles. The van der Waals surface area contributed by atoms with Crippen molar-refractivity contribution in [3.8, 4) is 5.75 Å². The van der Waals surface area contributed by atoms with Crippen LogP contribution in [-0.2, 0) is 6.54 Å². The molecule has 0 saturated carbocycles. The molecule has 1 unspecified atom stereocenters. The second-order valence-corrected chi connectivity index (χ2v) is 5.33. The Morgan fingerprint density at radius 3 is 2.84 bits per heavy atom. The van der Waals surface area contributed by atoms with Gasteiger partial charge in [0.1, 0.15) is 12.0 Å². The zero-order valence-corrected chi connectivity index (χ0v) is 11.9. The van der Waals surface area contributed by atoms with Crippen molar-refractivity contribution in [2.75, 3.05) is 34.3 Å². The number of nitrogens with zero attached hydrogens (tertiary/aromatic N) is 2. The summed E-state index contributed by atoms with van der Waals surface area (Å²) in [5.74, 6) is 0.860. The van der Waals surface area contributed by atoms with Crippen molar-refractivity contribution in [1.82, 2.24) is 9.80 Å². The molecule has 0 aromatic heterocycles. The van der Waals surface area contributed by atoms with Crippen LogP contribution in [0.25, 0.3) is 0 Å². The molecule has 1 fully saturated rings. The molecule has 2 rings (SSSR count). The van der Waals surface area contributed by atoms with Crippen molar-refractivity contribution >= 4 is 6.29 Å². The summed E-state index contributed by atoms with van der Waals surface area (Å²) in [5.41, 5.74) is 1.80. The third kappa shape index (κ3) is 3.33. The van der Waals surface area contributed by atoms with Gasteiger partial charge in [0.2, 0.25) is 0 Å². The summed E-state index contributed by atoms with van der Waals surface area (Å²) in [4.78, 5) is 15.6. The largest absolute Gasteiger partial charge is 0.496 e. The van der Waals surface area contributed by atoms with Crippen molar-refractivity contribution in [3.05, 3.63) is 29.3 Å². The molecule has 104 valence electrons. The number of hydrogen-bond acceptors (Lipinski definition) is 4. The van der Waals surface area contributed by atoms with Crippen molar-refractivity contribution in [1.29, 1.82) is 0 Å². The molecule has 0 bridgehead atoms. The monoisotopic (exact) mass is 262 g/mol. The fourth-order valence-corrected chi connectivity index (χ4v) is 2.61. The average Bonchev–Trinajstić information content (AvgIpc) is 2.87. The van der Waals surface area contributed by atoms with Gasteiger partial charge < -0.3 is 9.64 Å². The highest BCUT2D eigenvalue weighted by Gasteiger charge is 2.24. The topological polar surface area (TPSA) is 32.8 Å². The zero-order valence-electron chi connectivity index (χ0n) is 11.9. The lowest BCUT2D eigenvalue weighted by Crippen LogP contribution is -2.31. The lowest BCUT2D eigenvalue weighted by atomic mass is 10.1. The van der Waals surface area contributed by atoms with Gasteiger partial charge >= 0.3 is 0 Å². The summed E-state index contributed by atoms with van der Waals surface area (Å²) >= 11 is 0. The highest BCUT2D eigenvalue weighted by molar-refractivity contribution is 5.75. The van der Waals surface area contributed by atoms with E-state index in [1.165, 1.54) is 6.42 Å². The van der Waals surface area contributed by atoms with E-state index in [4.69, 9.17) is 4.74 Å². The van der Waals surface area contributed by atoms with E-state index in [-0.39, 0.29) is 0 Å². The Labute approximate surface area is 115 Å². The number of benzene rings is 1. The van der Waals surface area contributed by atoms with Gasteiger partial charge in [-0.2, -0.15) is 0 Å². The Kier molecular flexibility index (Phi) is 4.56. The minimum Gasteiger partial charge on any atom is -0.496 e. The first-order valence-electron chi connectivity index (χ1n) is 6.65. The van der Waals surface area contributed by atoms with Crippen LogP contribution in [0.15, 0.2) is 18.2 Å². The maximum absolute atomic E-state index is 10.9. The van der Waals surface area contributed by atoms with Crippen molar-refractivity contribution in [2.45, 2.75) is 19.0 Å². The van der Waals surface area contributed by atoms with E-state index in [0.29, 0.717) is 11.6 Å².